The lowest BCUT2D eigenvalue weighted by molar-refractivity contribution is -0.148. The third kappa shape index (κ3) is 1.42. The third-order valence-electron chi connectivity index (χ3n) is 3.42. The maximum absolute atomic E-state index is 11.8. The van der Waals surface area contributed by atoms with Gasteiger partial charge in [0.2, 0.25) is 0 Å². The van der Waals surface area contributed by atoms with Crippen LogP contribution in [0.15, 0.2) is 34.9 Å². The molecule has 3 nitrogen and oxygen atoms in total. The first-order chi connectivity index (χ1) is 7.90. The van der Waals surface area contributed by atoms with Crippen LogP contribution in [0.2, 0.25) is 0 Å². The molecule has 0 aromatic rings. The van der Waals surface area contributed by atoms with E-state index in [4.69, 9.17) is 0 Å². The first-order valence-corrected chi connectivity index (χ1v) is 5.79. The minimum atomic E-state index is -1.41. The minimum Gasteiger partial charge on any atom is -0.480 e. The first kappa shape index (κ1) is 11.8. The van der Waals surface area contributed by atoms with E-state index in [1.807, 2.05) is 6.08 Å². The predicted octanol–water partition coefficient (Wildman–Crippen LogP) is 2.50. The monoisotopic (exact) mass is 232 g/mol. The molecule has 0 radical (unpaired) electrons. The summed E-state index contributed by atoms with van der Waals surface area (Å²) in [5.41, 5.74) is 0.865. The molecule has 2 rings (SSSR count). The van der Waals surface area contributed by atoms with Crippen molar-refractivity contribution in [1.29, 1.82) is 0 Å². The van der Waals surface area contributed by atoms with Gasteiger partial charge >= 0.3 is 5.97 Å². The summed E-state index contributed by atoms with van der Waals surface area (Å²) in [6.07, 6.45) is 6.20. The first-order valence-electron chi connectivity index (χ1n) is 5.79. The van der Waals surface area contributed by atoms with Gasteiger partial charge < -0.3 is 5.11 Å². The molecule has 2 bridgehead atoms. The van der Waals surface area contributed by atoms with Gasteiger partial charge in [-0.2, -0.15) is 0 Å². The molecule has 0 aliphatic heterocycles. The van der Waals surface area contributed by atoms with Crippen LogP contribution in [0.25, 0.3) is 0 Å². The average molecular weight is 232 g/mol. The van der Waals surface area contributed by atoms with Crippen LogP contribution in [-0.2, 0) is 9.59 Å². The molecule has 90 valence electrons. The van der Waals surface area contributed by atoms with Crippen molar-refractivity contribution in [2.45, 2.75) is 27.2 Å². The zero-order valence-corrected chi connectivity index (χ0v) is 10.3. The van der Waals surface area contributed by atoms with Crippen molar-refractivity contribution in [3.8, 4) is 0 Å². The second-order valence-corrected chi connectivity index (χ2v) is 5.08. The van der Waals surface area contributed by atoms with Crippen molar-refractivity contribution in [2.75, 3.05) is 0 Å². The number of rotatable bonds is 4. The second kappa shape index (κ2) is 3.69. The lowest BCUT2D eigenvalue weighted by atomic mass is 9.77. The molecule has 0 aromatic carbocycles. The molecule has 1 unspecified atom stereocenters. The van der Waals surface area contributed by atoms with Gasteiger partial charge in [0.1, 0.15) is 0 Å². The zero-order valence-electron chi connectivity index (χ0n) is 10.3. The molecule has 0 aromatic heterocycles. The standard InChI is InChI=1S/C14H16O3/c1-8(2)6-10-7-11-4-5-12(10)14(11,9(3)15)13(16)17/h4-5,7-8H,6H2,1-3H3,(H,16,17). The quantitative estimate of drug-likeness (QED) is 0.758. The highest BCUT2D eigenvalue weighted by Crippen LogP contribution is 2.51. The van der Waals surface area contributed by atoms with Crippen LogP contribution in [0, 0.1) is 11.3 Å². The molecule has 2 aliphatic carbocycles. The van der Waals surface area contributed by atoms with Gasteiger partial charge in [-0.05, 0) is 36.0 Å². The van der Waals surface area contributed by atoms with Crippen molar-refractivity contribution in [2.24, 2.45) is 11.3 Å². The summed E-state index contributed by atoms with van der Waals surface area (Å²) in [6.45, 7) is 5.52. The molecule has 0 saturated heterocycles. The van der Waals surface area contributed by atoms with E-state index in [0.717, 1.165) is 12.0 Å². The molecular formula is C14H16O3. The van der Waals surface area contributed by atoms with Crippen LogP contribution in [0.1, 0.15) is 27.2 Å². The topological polar surface area (TPSA) is 54.4 Å². The number of hydrogen-bond acceptors (Lipinski definition) is 2. The highest BCUT2D eigenvalue weighted by molar-refractivity contribution is 6.12. The Labute approximate surface area is 101 Å². The summed E-state index contributed by atoms with van der Waals surface area (Å²) in [4.78, 5) is 23.3. The fourth-order valence-electron chi connectivity index (χ4n) is 2.74. The van der Waals surface area contributed by atoms with E-state index in [0.29, 0.717) is 17.1 Å². The predicted molar refractivity (Wildman–Crippen MR) is 64.5 cm³/mol. The molecule has 3 heteroatoms. The Balaban J connectivity index is 2.55. The smallest absolute Gasteiger partial charge is 0.326 e. The van der Waals surface area contributed by atoms with E-state index in [-0.39, 0.29) is 5.78 Å². The van der Waals surface area contributed by atoms with Gasteiger partial charge in [-0.15, -0.1) is 0 Å². The van der Waals surface area contributed by atoms with Crippen LogP contribution >= 0.6 is 0 Å². The highest BCUT2D eigenvalue weighted by atomic mass is 16.4. The molecule has 0 saturated carbocycles. The Morgan fingerprint density at radius 1 is 1.35 bits per heavy atom. The second-order valence-electron chi connectivity index (χ2n) is 5.08. The molecule has 1 atom stereocenters. The Hall–Kier alpha value is -1.64. The number of carboxylic acids is 1. The van der Waals surface area contributed by atoms with Crippen molar-refractivity contribution in [3.63, 3.8) is 0 Å². The minimum absolute atomic E-state index is 0.310. The van der Waals surface area contributed by atoms with Crippen molar-refractivity contribution < 1.29 is 14.7 Å². The maximum atomic E-state index is 11.8. The number of ketones is 1. The van der Waals surface area contributed by atoms with Crippen LogP contribution in [0.4, 0.5) is 0 Å². The largest absolute Gasteiger partial charge is 0.480 e. The summed E-state index contributed by atoms with van der Waals surface area (Å²) in [7, 11) is 0. The van der Waals surface area contributed by atoms with Crippen LogP contribution in [0.5, 0.6) is 0 Å². The Bertz CT molecular complexity index is 476. The van der Waals surface area contributed by atoms with Gasteiger partial charge in [0, 0.05) is 0 Å². The molecule has 0 amide bonds. The number of hydrogen-bond donors (Lipinski definition) is 1. The van der Waals surface area contributed by atoms with E-state index in [9.17, 15) is 14.7 Å². The van der Waals surface area contributed by atoms with Crippen molar-refractivity contribution in [3.05, 3.63) is 34.9 Å². The Kier molecular flexibility index (Phi) is 2.57. The fourth-order valence-corrected chi connectivity index (χ4v) is 2.74. The van der Waals surface area contributed by atoms with Gasteiger partial charge in [-0.3, -0.25) is 9.59 Å². The van der Waals surface area contributed by atoms with E-state index in [1.165, 1.54) is 6.92 Å². The van der Waals surface area contributed by atoms with Crippen LogP contribution in [0.3, 0.4) is 0 Å². The number of carbonyl (C=O) groups is 2. The van der Waals surface area contributed by atoms with Gasteiger partial charge in [0.25, 0.3) is 0 Å². The normalized spacial score (nSPS) is 25.8. The Morgan fingerprint density at radius 3 is 2.41 bits per heavy atom. The lowest BCUT2D eigenvalue weighted by Crippen LogP contribution is -2.37. The van der Waals surface area contributed by atoms with Crippen LogP contribution < -0.4 is 0 Å². The summed E-state index contributed by atoms with van der Waals surface area (Å²) >= 11 is 0. The van der Waals surface area contributed by atoms with E-state index >= 15 is 0 Å². The summed E-state index contributed by atoms with van der Waals surface area (Å²) in [5, 5.41) is 9.43. The molecule has 1 N–H and O–H groups in total. The molecule has 0 spiro atoms. The number of carbonyl (C=O) groups excluding carboxylic acids is 1. The maximum Gasteiger partial charge on any atom is 0.326 e. The number of Topliss-reactive ketones (excluding diaryl/α,β-unsaturated/α-hetero) is 1. The SMILES string of the molecule is CC(=O)C1(C(=O)O)C2=CC(CC(C)C)=C1C=C2. The number of allylic oxidation sites excluding steroid dienone is 4. The summed E-state index contributed by atoms with van der Waals surface area (Å²) in [6, 6.07) is 0. The van der Waals surface area contributed by atoms with E-state index in [1.54, 1.807) is 12.2 Å². The summed E-state index contributed by atoms with van der Waals surface area (Å²) in [5.74, 6) is -0.925. The molecule has 17 heavy (non-hydrogen) atoms. The van der Waals surface area contributed by atoms with Crippen molar-refractivity contribution in [1.82, 2.24) is 0 Å². The molecule has 2 aliphatic rings. The summed E-state index contributed by atoms with van der Waals surface area (Å²) < 4.78 is 0. The number of fused-ring (bicyclic) bond motifs is 2. The third-order valence-corrected chi connectivity index (χ3v) is 3.42. The van der Waals surface area contributed by atoms with Gasteiger partial charge in [0.15, 0.2) is 11.2 Å². The van der Waals surface area contributed by atoms with Gasteiger partial charge in [-0.25, -0.2) is 0 Å². The average Bonchev–Trinajstić information content (AvgIpc) is 2.68. The van der Waals surface area contributed by atoms with E-state index < -0.39 is 11.4 Å². The molecule has 0 heterocycles. The van der Waals surface area contributed by atoms with Crippen LogP contribution in [-0.4, -0.2) is 16.9 Å². The fraction of sp³-hybridized carbons (Fsp3) is 0.429. The van der Waals surface area contributed by atoms with Crippen molar-refractivity contribution >= 4 is 11.8 Å². The van der Waals surface area contributed by atoms with Gasteiger partial charge in [-0.1, -0.05) is 32.1 Å². The molecule has 0 fully saturated rings. The lowest BCUT2D eigenvalue weighted by Gasteiger charge is -2.22. The van der Waals surface area contributed by atoms with Gasteiger partial charge in [0.05, 0.1) is 0 Å². The highest BCUT2D eigenvalue weighted by Gasteiger charge is 2.54. The van der Waals surface area contributed by atoms with E-state index in [2.05, 4.69) is 13.8 Å². The zero-order chi connectivity index (χ0) is 12.8. The number of aliphatic carboxylic acids is 1. The number of carboxylic acid groups (broad SMARTS) is 1. The Morgan fingerprint density at radius 2 is 2.00 bits per heavy atom. The molecular weight excluding hydrogens is 216 g/mol.